The van der Waals surface area contributed by atoms with Gasteiger partial charge in [-0.15, -0.1) is 0 Å². The number of halogens is 1. The molecule has 0 bridgehead atoms. The molecule has 0 fully saturated rings. The second-order valence-electron chi connectivity index (χ2n) is 3.63. The molecule has 0 aliphatic rings. The van der Waals surface area contributed by atoms with Crippen LogP contribution in [0.5, 0.6) is 5.75 Å². The molecule has 2 aromatic rings. The molecule has 0 unspecified atom stereocenters. The predicted molar refractivity (Wildman–Crippen MR) is 65.5 cm³/mol. The van der Waals surface area contributed by atoms with E-state index in [2.05, 4.69) is 9.97 Å². The zero-order chi connectivity index (χ0) is 13.1. The number of phenolic OH excluding ortho intramolecular Hbond substituents is 1. The van der Waals surface area contributed by atoms with E-state index in [9.17, 15) is 9.90 Å². The lowest BCUT2D eigenvalue weighted by Crippen LogP contribution is -2.03. The lowest BCUT2D eigenvalue weighted by molar-refractivity contribution is -0.136. The Kier molecular flexibility index (Phi) is 3.43. The number of hydrogen-bond donors (Lipinski definition) is 2. The number of carbonyl (C=O) groups is 1. The van der Waals surface area contributed by atoms with Crippen molar-refractivity contribution < 1.29 is 15.0 Å². The van der Waals surface area contributed by atoms with Crippen molar-refractivity contribution in [1.82, 2.24) is 9.97 Å². The molecule has 1 aromatic carbocycles. The molecule has 0 aliphatic carbocycles. The molecular formula is C12H9ClN2O3. The topological polar surface area (TPSA) is 83.3 Å². The number of aromatic nitrogens is 2. The molecule has 0 saturated carbocycles. The maximum Gasteiger partial charge on any atom is 0.307 e. The van der Waals surface area contributed by atoms with Gasteiger partial charge >= 0.3 is 5.97 Å². The maximum atomic E-state index is 10.6. The Hall–Kier alpha value is -2.14. The molecule has 1 heterocycles. The second-order valence-corrected chi connectivity index (χ2v) is 3.99. The zero-order valence-corrected chi connectivity index (χ0v) is 9.92. The third kappa shape index (κ3) is 2.75. The van der Waals surface area contributed by atoms with Crippen LogP contribution < -0.4 is 0 Å². The van der Waals surface area contributed by atoms with Gasteiger partial charge in [0.1, 0.15) is 10.9 Å². The Morgan fingerprint density at radius 3 is 2.78 bits per heavy atom. The predicted octanol–water partition coefficient (Wildman–Crippen LogP) is 2.13. The molecule has 1 aromatic heterocycles. The molecule has 0 radical (unpaired) electrons. The Bertz CT molecular complexity index is 602. The van der Waals surface area contributed by atoms with E-state index in [-0.39, 0.29) is 17.3 Å². The van der Waals surface area contributed by atoms with Crippen molar-refractivity contribution in [1.29, 1.82) is 0 Å². The van der Waals surface area contributed by atoms with Gasteiger partial charge in [-0.05, 0) is 12.1 Å². The molecule has 0 amide bonds. The first-order valence-electron chi connectivity index (χ1n) is 5.09. The summed E-state index contributed by atoms with van der Waals surface area (Å²) in [4.78, 5) is 18.6. The highest BCUT2D eigenvalue weighted by Crippen LogP contribution is 2.22. The van der Waals surface area contributed by atoms with Crippen LogP contribution in [0.1, 0.15) is 5.56 Å². The summed E-state index contributed by atoms with van der Waals surface area (Å²) >= 11 is 5.89. The number of benzene rings is 1. The van der Waals surface area contributed by atoms with E-state index < -0.39 is 5.97 Å². The van der Waals surface area contributed by atoms with Gasteiger partial charge in [-0.2, -0.15) is 0 Å². The summed E-state index contributed by atoms with van der Waals surface area (Å²) in [7, 11) is 0. The van der Waals surface area contributed by atoms with Crippen molar-refractivity contribution in [3.05, 3.63) is 41.2 Å². The minimum atomic E-state index is -0.995. The summed E-state index contributed by atoms with van der Waals surface area (Å²) in [5.74, 6) is -0.558. The smallest absolute Gasteiger partial charge is 0.307 e. The van der Waals surface area contributed by atoms with Crippen LogP contribution in [0.4, 0.5) is 0 Å². The number of hydrogen-bond acceptors (Lipinski definition) is 4. The van der Waals surface area contributed by atoms with E-state index in [1.54, 1.807) is 12.1 Å². The first kappa shape index (κ1) is 12.3. The van der Waals surface area contributed by atoms with Crippen molar-refractivity contribution in [3.8, 4) is 17.1 Å². The molecule has 2 rings (SSSR count). The number of rotatable bonds is 3. The van der Waals surface area contributed by atoms with Crippen molar-refractivity contribution in [2.45, 2.75) is 6.42 Å². The second kappa shape index (κ2) is 5.01. The SMILES string of the molecule is O=C(O)Cc1cnc(-c2cccc(O)c2)nc1Cl. The number of nitrogens with zero attached hydrogens (tertiary/aromatic N) is 2. The molecule has 0 aliphatic heterocycles. The van der Waals surface area contributed by atoms with Crippen LogP contribution >= 0.6 is 11.6 Å². The molecule has 6 heteroatoms. The normalized spacial score (nSPS) is 10.3. The van der Waals surface area contributed by atoms with Gasteiger partial charge in [0.05, 0.1) is 6.42 Å². The fourth-order valence-corrected chi connectivity index (χ4v) is 1.65. The van der Waals surface area contributed by atoms with Gasteiger partial charge in [0, 0.05) is 17.3 Å². The minimum Gasteiger partial charge on any atom is -0.508 e. The van der Waals surface area contributed by atoms with Gasteiger partial charge in [-0.25, -0.2) is 9.97 Å². The molecule has 0 saturated heterocycles. The quantitative estimate of drug-likeness (QED) is 0.830. The van der Waals surface area contributed by atoms with Crippen molar-refractivity contribution in [2.24, 2.45) is 0 Å². The van der Waals surface area contributed by atoms with Gasteiger partial charge in [0.25, 0.3) is 0 Å². The van der Waals surface area contributed by atoms with Gasteiger partial charge in [0.15, 0.2) is 5.82 Å². The molecule has 5 nitrogen and oxygen atoms in total. The summed E-state index contributed by atoms with van der Waals surface area (Å²) in [6, 6.07) is 6.42. The fourth-order valence-electron chi connectivity index (χ4n) is 1.45. The number of carboxylic acids is 1. The van der Waals surface area contributed by atoms with Crippen molar-refractivity contribution >= 4 is 17.6 Å². The monoisotopic (exact) mass is 264 g/mol. The molecular weight excluding hydrogens is 256 g/mol. The molecule has 0 spiro atoms. The summed E-state index contributed by atoms with van der Waals surface area (Å²) in [6.45, 7) is 0. The van der Waals surface area contributed by atoms with Gasteiger partial charge in [-0.1, -0.05) is 23.7 Å². The number of phenols is 1. The Morgan fingerprint density at radius 1 is 1.39 bits per heavy atom. The standard InChI is InChI=1S/C12H9ClN2O3/c13-11-8(5-10(17)18)6-14-12(15-11)7-2-1-3-9(16)4-7/h1-4,6,16H,5H2,(H,17,18). The third-order valence-corrected chi connectivity index (χ3v) is 2.58. The summed E-state index contributed by atoms with van der Waals surface area (Å²) < 4.78 is 0. The van der Waals surface area contributed by atoms with Gasteiger partial charge in [-0.3, -0.25) is 4.79 Å². The lowest BCUT2D eigenvalue weighted by atomic mass is 10.2. The van der Waals surface area contributed by atoms with E-state index in [1.165, 1.54) is 18.3 Å². The van der Waals surface area contributed by atoms with Crippen LogP contribution in [0, 0.1) is 0 Å². The average Bonchev–Trinajstić information content (AvgIpc) is 2.31. The first-order valence-corrected chi connectivity index (χ1v) is 5.46. The number of aliphatic carboxylic acids is 1. The first-order chi connectivity index (χ1) is 8.56. The van der Waals surface area contributed by atoms with E-state index >= 15 is 0 Å². The maximum absolute atomic E-state index is 10.6. The molecule has 18 heavy (non-hydrogen) atoms. The number of aromatic hydroxyl groups is 1. The summed E-state index contributed by atoms with van der Waals surface area (Å²) in [6.07, 6.45) is 1.15. The summed E-state index contributed by atoms with van der Waals surface area (Å²) in [5, 5.41) is 18.1. The van der Waals surface area contributed by atoms with E-state index in [0.29, 0.717) is 17.0 Å². The van der Waals surface area contributed by atoms with Gasteiger partial charge < -0.3 is 10.2 Å². The van der Waals surface area contributed by atoms with Crippen LogP contribution in [-0.2, 0) is 11.2 Å². The summed E-state index contributed by atoms with van der Waals surface area (Å²) in [5.41, 5.74) is 0.965. The van der Waals surface area contributed by atoms with E-state index in [0.717, 1.165) is 0 Å². The third-order valence-electron chi connectivity index (χ3n) is 2.26. The number of carboxylic acid groups (broad SMARTS) is 1. The van der Waals surface area contributed by atoms with Crippen LogP contribution in [0.25, 0.3) is 11.4 Å². The van der Waals surface area contributed by atoms with E-state index in [1.807, 2.05) is 0 Å². The largest absolute Gasteiger partial charge is 0.508 e. The Labute approximate surface area is 108 Å². The highest BCUT2D eigenvalue weighted by molar-refractivity contribution is 6.30. The van der Waals surface area contributed by atoms with Crippen LogP contribution in [0.15, 0.2) is 30.5 Å². The Morgan fingerprint density at radius 2 is 2.17 bits per heavy atom. The van der Waals surface area contributed by atoms with E-state index in [4.69, 9.17) is 16.7 Å². The fraction of sp³-hybridized carbons (Fsp3) is 0.0833. The van der Waals surface area contributed by atoms with Crippen LogP contribution in [0.3, 0.4) is 0 Å². The Balaban J connectivity index is 2.37. The minimum absolute atomic E-state index is 0.0989. The molecule has 92 valence electrons. The molecule has 2 N–H and O–H groups in total. The average molecular weight is 265 g/mol. The highest BCUT2D eigenvalue weighted by Gasteiger charge is 2.10. The molecule has 0 atom stereocenters. The van der Waals surface area contributed by atoms with Crippen molar-refractivity contribution in [2.75, 3.05) is 0 Å². The van der Waals surface area contributed by atoms with Crippen LogP contribution in [0.2, 0.25) is 5.15 Å². The van der Waals surface area contributed by atoms with Crippen molar-refractivity contribution in [3.63, 3.8) is 0 Å². The lowest BCUT2D eigenvalue weighted by Gasteiger charge is -2.04. The zero-order valence-electron chi connectivity index (χ0n) is 9.17. The van der Waals surface area contributed by atoms with Gasteiger partial charge in [0.2, 0.25) is 0 Å². The highest BCUT2D eigenvalue weighted by atomic mass is 35.5. The van der Waals surface area contributed by atoms with Crippen LogP contribution in [-0.4, -0.2) is 26.2 Å².